The fourth-order valence-corrected chi connectivity index (χ4v) is 0.249. The van der Waals surface area contributed by atoms with E-state index in [4.69, 9.17) is 5.26 Å². The normalized spacial score (nSPS) is 8.80. The van der Waals surface area contributed by atoms with E-state index in [1.807, 2.05) is 34.6 Å². The highest BCUT2D eigenvalue weighted by Gasteiger charge is 2.09. The first-order chi connectivity index (χ1) is 4.56. The van der Waals surface area contributed by atoms with Crippen molar-refractivity contribution in [2.24, 2.45) is 5.41 Å². The molecule has 2 heteroatoms. The number of hydrogen-bond donors (Lipinski definition) is 0. The molecule has 60 valence electrons. The van der Waals surface area contributed by atoms with Crippen LogP contribution in [-0.4, -0.2) is 6.61 Å². The minimum absolute atomic E-state index is 0.107. The van der Waals surface area contributed by atoms with Crippen molar-refractivity contribution >= 4 is 0 Å². The van der Waals surface area contributed by atoms with Gasteiger partial charge in [0.1, 0.15) is 6.61 Å². The average Bonchev–Trinajstić information content (AvgIpc) is 1.87. The lowest BCUT2D eigenvalue weighted by molar-refractivity contribution is 0.165. The lowest BCUT2D eigenvalue weighted by atomic mass is 9.99. The van der Waals surface area contributed by atoms with Crippen molar-refractivity contribution in [3.63, 3.8) is 0 Å². The molecule has 0 amide bonds. The van der Waals surface area contributed by atoms with Crippen molar-refractivity contribution in [2.75, 3.05) is 6.61 Å². The van der Waals surface area contributed by atoms with Crippen molar-refractivity contribution in [1.29, 1.82) is 5.26 Å². The molecule has 0 aromatic rings. The monoisotopic (exact) mass is 143 g/mol. The fraction of sp³-hybridized carbons (Fsp3) is 0.875. The van der Waals surface area contributed by atoms with Crippen LogP contribution in [-0.2, 0) is 4.74 Å². The van der Waals surface area contributed by atoms with Crippen LogP contribution in [0.5, 0.6) is 0 Å². The van der Waals surface area contributed by atoms with E-state index in [-0.39, 0.29) is 5.41 Å². The van der Waals surface area contributed by atoms with Crippen molar-refractivity contribution in [1.82, 2.24) is 0 Å². The Morgan fingerprint density at radius 1 is 1.30 bits per heavy atom. The zero-order valence-corrected chi connectivity index (χ0v) is 7.56. The molecule has 10 heavy (non-hydrogen) atoms. The maximum Gasteiger partial charge on any atom is 0.286 e. The minimum atomic E-state index is 0.107. The first kappa shape index (κ1) is 12.0. The molecule has 0 saturated heterocycles. The summed E-state index contributed by atoms with van der Waals surface area (Å²) < 4.78 is 4.50. The minimum Gasteiger partial charge on any atom is -0.427 e. The molecular weight excluding hydrogens is 126 g/mol. The van der Waals surface area contributed by atoms with Crippen LogP contribution in [0.1, 0.15) is 34.6 Å². The van der Waals surface area contributed by atoms with Crippen LogP contribution in [0.25, 0.3) is 0 Å². The summed E-state index contributed by atoms with van der Waals surface area (Å²) in [6.45, 7) is 10.6. The Morgan fingerprint density at radius 2 is 1.70 bits per heavy atom. The smallest absolute Gasteiger partial charge is 0.286 e. The molecule has 0 aromatic heterocycles. The third kappa shape index (κ3) is 15.7. The summed E-state index contributed by atoms with van der Waals surface area (Å²) in [6, 6.07) is 0. The van der Waals surface area contributed by atoms with Crippen LogP contribution in [0.15, 0.2) is 0 Å². The lowest BCUT2D eigenvalue weighted by Crippen LogP contribution is -2.12. The fourth-order valence-electron chi connectivity index (χ4n) is 0.249. The molecule has 0 fully saturated rings. The lowest BCUT2D eigenvalue weighted by Gasteiger charge is -2.13. The molecule has 0 atom stereocenters. The van der Waals surface area contributed by atoms with Gasteiger partial charge in [-0.2, -0.15) is 5.26 Å². The summed E-state index contributed by atoms with van der Waals surface area (Å²) in [5.41, 5.74) is 0.107. The van der Waals surface area contributed by atoms with E-state index in [1.54, 1.807) is 6.26 Å². The van der Waals surface area contributed by atoms with Gasteiger partial charge < -0.3 is 4.74 Å². The molecule has 0 aliphatic carbocycles. The number of nitriles is 1. The summed E-state index contributed by atoms with van der Waals surface area (Å²) >= 11 is 0. The molecule has 0 rings (SSSR count). The van der Waals surface area contributed by atoms with E-state index < -0.39 is 0 Å². The predicted molar refractivity (Wildman–Crippen MR) is 42.4 cm³/mol. The second-order valence-corrected chi connectivity index (χ2v) is 2.94. The van der Waals surface area contributed by atoms with Crippen LogP contribution >= 0.6 is 0 Å². The third-order valence-corrected chi connectivity index (χ3v) is 0.570. The highest BCUT2D eigenvalue weighted by molar-refractivity contribution is 4.61. The standard InChI is InChI=1S/C6H11NO.C2H6/c1-6(2,3)4-8-5-7;1-2/h4H2,1-3H3;1-2H3. The van der Waals surface area contributed by atoms with Gasteiger partial charge >= 0.3 is 0 Å². The third-order valence-electron chi connectivity index (χ3n) is 0.570. The number of rotatable bonds is 1. The van der Waals surface area contributed by atoms with Gasteiger partial charge in [0.05, 0.1) is 0 Å². The number of nitrogens with zero attached hydrogens (tertiary/aromatic N) is 1. The Balaban J connectivity index is 0. The Labute approximate surface area is 63.8 Å². The van der Waals surface area contributed by atoms with Gasteiger partial charge in [-0.25, -0.2) is 0 Å². The Bertz CT molecular complexity index is 96.8. The van der Waals surface area contributed by atoms with Crippen LogP contribution in [0, 0.1) is 16.9 Å². The maximum absolute atomic E-state index is 7.96. The van der Waals surface area contributed by atoms with Crippen LogP contribution in [0.4, 0.5) is 0 Å². The second-order valence-electron chi connectivity index (χ2n) is 2.94. The largest absolute Gasteiger partial charge is 0.427 e. The molecule has 0 N–H and O–H groups in total. The molecule has 0 aromatic carbocycles. The SMILES string of the molecule is CC.CC(C)(C)COC#N. The quantitative estimate of drug-likeness (QED) is 0.528. The summed E-state index contributed by atoms with van der Waals surface area (Å²) in [5, 5.41) is 7.96. The van der Waals surface area contributed by atoms with E-state index >= 15 is 0 Å². The molecule has 2 nitrogen and oxygen atoms in total. The highest BCUT2D eigenvalue weighted by Crippen LogP contribution is 2.11. The van der Waals surface area contributed by atoms with E-state index in [2.05, 4.69) is 4.74 Å². The molecule has 0 heterocycles. The van der Waals surface area contributed by atoms with Gasteiger partial charge in [-0.1, -0.05) is 34.6 Å². The Kier molecular flexibility index (Phi) is 7.70. The van der Waals surface area contributed by atoms with Gasteiger partial charge in [0.2, 0.25) is 0 Å². The van der Waals surface area contributed by atoms with Crippen LogP contribution < -0.4 is 0 Å². The predicted octanol–water partition coefficient (Wildman–Crippen LogP) is 2.56. The molecule has 0 spiro atoms. The topological polar surface area (TPSA) is 33.0 Å². The van der Waals surface area contributed by atoms with Crippen molar-refractivity contribution < 1.29 is 4.74 Å². The summed E-state index contributed by atoms with van der Waals surface area (Å²) in [4.78, 5) is 0. The molecular formula is C8H17NO. The molecule has 0 aliphatic rings. The van der Waals surface area contributed by atoms with E-state index in [9.17, 15) is 0 Å². The summed E-state index contributed by atoms with van der Waals surface area (Å²) in [5.74, 6) is 0. The van der Waals surface area contributed by atoms with Crippen LogP contribution in [0.3, 0.4) is 0 Å². The molecule has 0 saturated carbocycles. The van der Waals surface area contributed by atoms with Crippen molar-refractivity contribution in [2.45, 2.75) is 34.6 Å². The Hall–Kier alpha value is -0.710. The van der Waals surface area contributed by atoms with Gasteiger partial charge in [0.25, 0.3) is 6.26 Å². The zero-order chi connectivity index (χ0) is 8.62. The summed E-state index contributed by atoms with van der Waals surface area (Å²) in [7, 11) is 0. The highest BCUT2D eigenvalue weighted by atomic mass is 16.5. The molecule has 0 radical (unpaired) electrons. The molecule has 0 bridgehead atoms. The molecule has 0 aliphatic heterocycles. The van der Waals surface area contributed by atoms with Gasteiger partial charge in [-0.05, 0) is 5.41 Å². The van der Waals surface area contributed by atoms with E-state index in [1.165, 1.54) is 0 Å². The number of hydrogen-bond acceptors (Lipinski definition) is 2. The van der Waals surface area contributed by atoms with Crippen molar-refractivity contribution in [3.05, 3.63) is 0 Å². The van der Waals surface area contributed by atoms with Gasteiger partial charge in [-0.3, -0.25) is 0 Å². The van der Waals surface area contributed by atoms with E-state index in [0.717, 1.165) is 0 Å². The summed E-state index contributed by atoms with van der Waals surface area (Å²) in [6.07, 6.45) is 1.62. The van der Waals surface area contributed by atoms with Crippen molar-refractivity contribution in [3.8, 4) is 6.26 Å². The Morgan fingerprint density at radius 3 is 1.80 bits per heavy atom. The maximum atomic E-state index is 7.96. The first-order valence-corrected chi connectivity index (χ1v) is 3.57. The molecule has 0 unspecified atom stereocenters. The second kappa shape index (κ2) is 6.41. The van der Waals surface area contributed by atoms with Crippen LogP contribution in [0.2, 0.25) is 0 Å². The van der Waals surface area contributed by atoms with Gasteiger partial charge in [0, 0.05) is 0 Å². The average molecular weight is 143 g/mol. The first-order valence-electron chi connectivity index (χ1n) is 3.57. The van der Waals surface area contributed by atoms with E-state index in [0.29, 0.717) is 6.61 Å². The van der Waals surface area contributed by atoms with Gasteiger partial charge in [0.15, 0.2) is 0 Å². The number of ether oxygens (including phenoxy) is 1. The zero-order valence-electron chi connectivity index (χ0n) is 7.56. The van der Waals surface area contributed by atoms with Gasteiger partial charge in [-0.15, -0.1) is 0 Å².